The van der Waals surface area contributed by atoms with Gasteiger partial charge in [-0.05, 0) is 36.2 Å². The Kier molecular flexibility index (Phi) is 4.35. The van der Waals surface area contributed by atoms with Gasteiger partial charge in [0.25, 0.3) is 0 Å². The molecule has 1 heterocycles. The molecule has 1 N–H and O–H groups in total. The lowest BCUT2D eigenvalue weighted by Crippen LogP contribution is -2.29. The Morgan fingerprint density at radius 3 is 2.35 bits per heavy atom. The van der Waals surface area contributed by atoms with Gasteiger partial charge in [0.15, 0.2) is 11.5 Å². The van der Waals surface area contributed by atoms with Crippen LogP contribution >= 0.6 is 0 Å². The standard InChI is InChI=1S/C16H20O4/c1-16(17,10-13-6-7-20-11-13)9-12-4-5-14(18-2)15(8-12)19-3/h4-8,11,17H,9-10H2,1-3H3. The second-order valence-corrected chi connectivity index (χ2v) is 5.17. The zero-order chi connectivity index (χ0) is 14.6. The molecule has 4 heteroatoms. The van der Waals surface area contributed by atoms with E-state index in [9.17, 15) is 5.11 Å². The van der Waals surface area contributed by atoms with E-state index in [0.29, 0.717) is 24.3 Å². The van der Waals surface area contributed by atoms with Crippen molar-refractivity contribution in [2.75, 3.05) is 14.2 Å². The summed E-state index contributed by atoms with van der Waals surface area (Å²) in [4.78, 5) is 0. The molecule has 1 atom stereocenters. The van der Waals surface area contributed by atoms with Gasteiger partial charge in [-0.3, -0.25) is 0 Å². The predicted octanol–water partition coefficient (Wildman–Crippen LogP) is 2.83. The SMILES string of the molecule is COc1ccc(CC(C)(O)Cc2ccoc2)cc1OC. The molecule has 0 spiro atoms. The molecule has 0 saturated heterocycles. The van der Waals surface area contributed by atoms with E-state index in [1.165, 1.54) is 0 Å². The van der Waals surface area contributed by atoms with Crippen molar-refractivity contribution in [3.05, 3.63) is 47.9 Å². The summed E-state index contributed by atoms with van der Waals surface area (Å²) < 4.78 is 15.5. The van der Waals surface area contributed by atoms with Gasteiger partial charge in [-0.25, -0.2) is 0 Å². The van der Waals surface area contributed by atoms with Crippen molar-refractivity contribution >= 4 is 0 Å². The molecule has 20 heavy (non-hydrogen) atoms. The minimum Gasteiger partial charge on any atom is -0.493 e. The molecule has 0 saturated carbocycles. The molecule has 1 aromatic carbocycles. The maximum Gasteiger partial charge on any atom is 0.160 e. The average molecular weight is 276 g/mol. The quantitative estimate of drug-likeness (QED) is 0.881. The molecule has 0 bridgehead atoms. The smallest absolute Gasteiger partial charge is 0.160 e. The van der Waals surface area contributed by atoms with Crippen LogP contribution in [0, 0.1) is 0 Å². The van der Waals surface area contributed by atoms with Gasteiger partial charge in [-0.1, -0.05) is 6.07 Å². The van der Waals surface area contributed by atoms with Crippen LogP contribution in [0.2, 0.25) is 0 Å². The summed E-state index contributed by atoms with van der Waals surface area (Å²) in [5, 5.41) is 10.5. The third kappa shape index (κ3) is 3.54. The van der Waals surface area contributed by atoms with Gasteiger partial charge < -0.3 is 19.0 Å². The zero-order valence-electron chi connectivity index (χ0n) is 12.1. The Bertz CT molecular complexity index is 544. The van der Waals surface area contributed by atoms with Gasteiger partial charge in [0, 0.05) is 12.8 Å². The molecule has 0 aliphatic heterocycles. The van der Waals surface area contributed by atoms with E-state index in [-0.39, 0.29) is 0 Å². The molecule has 2 rings (SSSR count). The Balaban J connectivity index is 2.12. The summed E-state index contributed by atoms with van der Waals surface area (Å²) in [6.45, 7) is 1.82. The molecule has 0 radical (unpaired) electrons. The maximum absolute atomic E-state index is 10.5. The third-order valence-corrected chi connectivity index (χ3v) is 3.20. The minimum absolute atomic E-state index is 0.526. The largest absolute Gasteiger partial charge is 0.493 e. The fraction of sp³-hybridized carbons (Fsp3) is 0.375. The van der Waals surface area contributed by atoms with E-state index in [0.717, 1.165) is 11.1 Å². The molecule has 4 nitrogen and oxygen atoms in total. The minimum atomic E-state index is -0.844. The lowest BCUT2D eigenvalue weighted by molar-refractivity contribution is 0.0606. The van der Waals surface area contributed by atoms with Crippen LogP contribution in [-0.4, -0.2) is 24.9 Å². The maximum atomic E-state index is 10.5. The number of benzene rings is 1. The molecule has 0 fully saturated rings. The second kappa shape index (κ2) is 6.01. The number of methoxy groups -OCH3 is 2. The number of hydrogen-bond donors (Lipinski definition) is 1. The first-order valence-electron chi connectivity index (χ1n) is 6.48. The van der Waals surface area contributed by atoms with E-state index in [1.807, 2.05) is 31.2 Å². The molecular weight excluding hydrogens is 256 g/mol. The molecule has 0 aliphatic carbocycles. The Morgan fingerprint density at radius 1 is 1.05 bits per heavy atom. The molecule has 108 valence electrons. The number of rotatable bonds is 6. The van der Waals surface area contributed by atoms with Crippen molar-refractivity contribution in [2.24, 2.45) is 0 Å². The molecule has 2 aromatic rings. The summed E-state index contributed by atoms with van der Waals surface area (Å²) in [6, 6.07) is 7.54. The number of hydrogen-bond acceptors (Lipinski definition) is 4. The van der Waals surface area contributed by atoms with Gasteiger partial charge in [0.05, 0.1) is 32.3 Å². The summed E-state index contributed by atoms with van der Waals surface area (Å²) >= 11 is 0. The molecule has 0 aliphatic rings. The normalized spacial score (nSPS) is 13.8. The summed E-state index contributed by atoms with van der Waals surface area (Å²) in [7, 11) is 3.21. The van der Waals surface area contributed by atoms with E-state index < -0.39 is 5.60 Å². The van der Waals surface area contributed by atoms with Crippen molar-refractivity contribution in [1.82, 2.24) is 0 Å². The highest BCUT2D eigenvalue weighted by molar-refractivity contribution is 5.43. The lowest BCUT2D eigenvalue weighted by atomic mass is 9.90. The molecule has 1 aromatic heterocycles. The van der Waals surface area contributed by atoms with Crippen LogP contribution in [0.15, 0.2) is 41.2 Å². The topological polar surface area (TPSA) is 51.8 Å². The van der Waals surface area contributed by atoms with Crippen molar-refractivity contribution in [1.29, 1.82) is 0 Å². The van der Waals surface area contributed by atoms with E-state index in [1.54, 1.807) is 26.7 Å². The van der Waals surface area contributed by atoms with Gasteiger partial charge >= 0.3 is 0 Å². The van der Waals surface area contributed by atoms with E-state index in [4.69, 9.17) is 13.9 Å². The van der Waals surface area contributed by atoms with Crippen LogP contribution < -0.4 is 9.47 Å². The van der Waals surface area contributed by atoms with Crippen LogP contribution in [0.4, 0.5) is 0 Å². The second-order valence-electron chi connectivity index (χ2n) is 5.17. The van der Waals surface area contributed by atoms with Crippen molar-refractivity contribution < 1.29 is 19.0 Å². The van der Waals surface area contributed by atoms with Crippen LogP contribution in [0.3, 0.4) is 0 Å². The highest BCUT2D eigenvalue weighted by Crippen LogP contribution is 2.29. The first-order chi connectivity index (χ1) is 9.54. The third-order valence-electron chi connectivity index (χ3n) is 3.20. The van der Waals surface area contributed by atoms with Crippen LogP contribution in [0.5, 0.6) is 11.5 Å². The van der Waals surface area contributed by atoms with E-state index in [2.05, 4.69) is 0 Å². The van der Waals surface area contributed by atoms with Crippen molar-refractivity contribution in [3.8, 4) is 11.5 Å². The van der Waals surface area contributed by atoms with Crippen LogP contribution in [-0.2, 0) is 12.8 Å². The van der Waals surface area contributed by atoms with Gasteiger partial charge in [-0.2, -0.15) is 0 Å². The number of ether oxygens (including phenoxy) is 2. The van der Waals surface area contributed by atoms with Gasteiger partial charge in [0.2, 0.25) is 0 Å². The average Bonchev–Trinajstić information content (AvgIpc) is 2.90. The lowest BCUT2D eigenvalue weighted by Gasteiger charge is -2.23. The summed E-state index contributed by atoms with van der Waals surface area (Å²) in [5.74, 6) is 1.36. The first kappa shape index (κ1) is 14.5. The predicted molar refractivity (Wildman–Crippen MR) is 76.3 cm³/mol. The molecule has 1 unspecified atom stereocenters. The monoisotopic (exact) mass is 276 g/mol. The van der Waals surface area contributed by atoms with Crippen LogP contribution in [0.25, 0.3) is 0 Å². The fourth-order valence-electron chi connectivity index (χ4n) is 2.33. The molecular formula is C16H20O4. The number of furan rings is 1. The number of aliphatic hydroxyl groups is 1. The highest BCUT2D eigenvalue weighted by Gasteiger charge is 2.22. The van der Waals surface area contributed by atoms with Crippen molar-refractivity contribution in [3.63, 3.8) is 0 Å². The summed E-state index contributed by atoms with van der Waals surface area (Å²) in [6.07, 6.45) is 4.33. The van der Waals surface area contributed by atoms with E-state index >= 15 is 0 Å². The first-order valence-corrected chi connectivity index (χ1v) is 6.48. The fourth-order valence-corrected chi connectivity index (χ4v) is 2.33. The van der Waals surface area contributed by atoms with Gasteiger partial charge in [0.1, 0.15) is 0 Å². The Hall–Kier alpha value is -1.94. The summed E-state index contributed by atoms with van der Waals surface area (Å²) in [5.41, 5.74) is 1.13. The zero-order valence-corrected chi connectivity index (χ0v) is 12.1. The Labute approximate surface area is 118 Å². The highest BCUT2D eigenvalue weighted by atomic mass is 16.5. The molecule has 0 amide bonds. The van der Waals surface area contributed by atoms with Crippen molar-refractivity contribution in [2.45, 2.75) is 25.4 Å². The van der Waals surface area contributed by atoms with Crippen LogP contribution in [0.1, 0.15) is 18.1 Å². The Morgan fingerprint density at radius 2 is 1.75 bits per heavy atom. The van der Waals surface area contributed by atoms with Gasteiger partial charge in [-0.15, -0.1) is 0 Å².